The van der Waals surface area contributed by atoms with E-state index in [1.807, 2.05) is 0 Å². The zero-order valence-corrected chi connectivity index (χ0v) is 11.6. The summed E-state index contributed by atoms with van der Waals surface area (Å²) < 4.78 is 0. The van der Waals surface area contributed by atoms with Gasteiger partial charge in [0, 0.05) is 18.2 Å². The summed E-state index contributed by atoms with van der Waals surface area (Å²) in [6, 6.07) is 6.54. The number of carbonyl (C=O) groups excluding carboxylic acids is 2. The van der Waals surface area contributed by atoms with E-state index >= 15 is 0 Å². The molecule has 2 rings (SSSR count). The normalized spacial score (nSPS) is 22.1. The number of benzene rings is 1. The maximum absolute atomic E-state index is 12.1. The second-order valence-corrected chi connectivity index (χ2v) is 5.19. The van der Waals surface area contributed by atoms with Crippen LogP contribution in [0.25, 0.3) is 0 Å². The Labute approximate surface area is 118 Å². The average molecular weight is 276 g/mol. The van der Waals surface area contributed by atoms with Crippen molar-refractivity contribution in [2.75, 3.05) is 5.32 Å². The molecule has 1 fully saturated rings. The van der Waals surface area contributed by atoms with Crippen molar-refractivity contribution in [1.82, 2.24) is 5.32 Å². The number of rotatable bonds is 3. The van der Waals surface area contributed by atoms with Gasteiger partial charge in [-0.1, -0.05) is 12.8 Å². The van der Waals surface area contributed by atoms with Crippen LogP contribution in [0.4, 0.5) is 5.69 Å². The van der Waals surface area contributed by atoms with Crippen molar-refractivity contribution in [3.63, 3.8) is 0 Å². The van der Waals surface area contributed by atoms with E-state index in [0.717, 1.165) is 25.7 Å². The highest BCUT2D eigenvalue weighted by Crippen LogP contribution is 2.19. The van der Waals surface area contributed by atoms with E-state index in [1.165, 1.54) is 6.92 Å². The molecule has 3 N–H and O–H groups in total. The van der Waals surface area contributed by atoms with Crippen LogP contribution >= 0.6 is 0 Å². The molecule has 0 saturated heterocycles. The van der Waals surface area contributed by atoms with Gasteiger partial charge in [0.1, 0.15) is 0 Å². The van der Waals surface area contributed by atoms with Gasteiger partial charge < -0.3 is 15.7 Å². The monoisotopic (exact) mass is 276 g/mol. The highest BCUT2D eigenvalue weighted by Gasteiger charge is 2.24. The van der Waals surface area contributed by atoms with Gasteiger partial charge in [-0.25, -0.2) is 0 Å². The van der Waals surface area contributed by atoms with E-state index in [0.29, 0.717) is 11.3 Å². The van der Waals surface area contributed by atoms with Crippen molar-refractivity contribution in [1.29, 1.82) is 0 Å². The minimum Gasteiger partial charge on any atom is -0.391 e. The van der Waals surface area contributed by atoms with Crippen molar-refractivity contribution in [3.8, 4) is 0 Å². The SMILES string of the molecule is CC(=O)Nc1ccc(C(=O)N[C@@H]2CCCC[C@H]2O)cc1. The molecule has 1 saturated carbocycles. The first-order valence-electron chi connectivity index (χ1n) is 6.93. The Kier molecular flexibility index (Phi) is 4.74. The van der Waals surface area contributed by atoms with Crippen molar-refractivity contribution in [3.05, 3.63) is 29.8 Å². The fourth-order valence-electron chi connectivity index (χ4n) is 2.44. The van der Waals surface area contributed by atoms with Gasteiger partial charge in [0.05, 0.1) is 12.1 Å². The summed E-state index contributed by atoms with van der Waals surface area (Å²) in [5, 5.41) is 15.4. The quantitative estimate of drug-likeness (QED) is 0.786. The molecule has 0 aliphatic heterocycles. The summed E-state index contributed by atoms with van der Waals surface area (Å²) in [5.41, 5.74) is 1.18. The van der Waals surface area contributed by atoms with Crippen molar-refractivity contribution in [2.45, 2.75) is 44.8 Å². The Morgan fingerprint density at radius 2 is 1.80 bits per heavy atom. The lowest BCUT2D eigenvalue weighted by atomic mass is 9.92. The molecule has 0 aromatic heterocycles. The second-order valence-electron chi connectivity index (χ2n) is 5.19. The van der Waals surface area contributed by atoms with Gasteiger partial charge in [-0.3, -0.25) is 9.59 Å². The van der Waals surface area contributed by atoms with Crippen LogP contribution in [0, 0.1) is 0 Å². The van der Waals surface area contributed by atoms with Crippen LogP contribution in [0.1, 0.15) is 43.0 Å². The molecule has 20 heavy (non-hydrogen) atoms. The Balaban J connectivity index is 1.96. The van der Waals surface area contributed by atoms with E-state index in [2.05, 4.69) is 10.6 Å². The van der Waals surface area contributed by atoms with Crippen LogP contribution in [0.15, 0.2) is 24.3 Å². The van der Waals surface area contributed by atoms with E-state index in [1.54, 1.807) is 24.3 Å². The molecule has 0 spiro atoms. The highest BCUT2D eigenvalue weighted by molar-refractivity contribution is 5.95. The van der Waals surface area contributed by atoms with E-state index in [9.17, 15) is 14.7 Å². The lowest BCUT2D eigenvalue weighted by Gasteiger charge is -2.28. The molecule has 0 bridgehead atoms. The average Bonchev–Trinajstić information content (AvgIpc) is 2.41. The van der Waals surface area contributed by atoms with Crippen molar-refractivity contribution in [2.24, 2.45) is 0 Å². The maximum atomic E-state index is 12.1. The minimum atomic E-state index is -0.452. The summed E-state index contributed by atoms with van der Waals surface area (Å²) in [7, 11) is 0. The number of amides is 2. The van der Waals surface area contributed by atoms with E-state index in [4.69, 9.17) is 0 Å². The van der Waals surface area contributed by atoms with Gasteiger partial charge in [0.25, 0.3) is 5.91 Å². The molecule has 108 valence electrons. The summed E-state index contributed by atoms with van der Waals surface area (Å²) in [5.74, 6) is -0.335. The third-order valence-electron chi connectivity index (χ3n) is 3.51. The van der Waals surface area contributed by atoms with E-state index < -0.39 is 6.10 Å². The molecule has 0 unspecified atom stereocenters. The Morgan fingerprint density at radius 3 is 2.40 bits per heavy atom. The van der Waals surface area contributed by atoms with Crippen LogP contribution in [0.3, 0.4) is 0 Å². The number of carbonyl (C=O) groups is 2. The molecular formula is C15H20N2O3. The summed E-state index contributed by atoms with van der Waals surface area (Å²) >= 11 is 0. The molecular weight excluding hydrogens is 256 g/mol. The van der Waals surface area contributed by atoms with Crippen molar-refractivity contribution < 1.29 is 14.7 Å². The summed E-state index contributed by atoms with van der Waals surface area (Å²) in [6.07, 6.45) is 3.15. The highest BCUT2D eigenvalue weighted by atomic mass is 16.3. The van der Waals surface area contributed by atoms with Gasteiger partial charge >= 0.3 is 0 Å². The number of hydrogen-bond donors (Lipinski definition) is 3. The first-order valence-corrected chi connectivity index (χ1v) is 6.93. The molecule has 0 radical (unpaired) electrons. The van der Waals surface area contributed by atoms with Crippen molar-refractivity contribution >= 4 is 17.5 Å². The zero-order chi connectivity index (χ0) is 14.5. The molecule has 0 heterocycles. The number of anilines is 1. The lowest BCUT2D eigenvalue weighted by Crippen LogP contribution is -2.45. The third kappa shape index (κ3) is 3.81. The Morgan fingerprint density at radius 1 is 1.15 bits per heavy atom. The Bertz CT molecular complexity index is 484. The van der Waals surface area contributed by atoms with Crippen LogP contribution in [-0.4, -0.2) is 29.1 Å². The topological polar surface area (TPSA) is 78.4 Å². The maximum Gasteiger partial charge on any atom is 0.251 e. The Hall–Kier alpha value is -1.88. The van der Waals surface area contributed by atoms with Crippen LogP contribution < -0.4 is 10.6 Å². The van der Waals surface area contributed by atoms with Crippen LogP contribution in [-0.2, 0) is 4.79 Å². The van der Waals surface area contributed by atoms with Gasteiger partial charge in [0.15, 0.2) is 0 Å². The predicted molar refractivity (Wildman–Crippen MR) is 76.5 cm³/mol. The summed E-state index contributed by atoms with van der Waals surface area (Å²) in [4.78, 5) is 23.0. The van der Waals surface area contributed by atoms with Gasteiger partial charge in [-0.2, -0.15) is 0 Å². The molecule has 2 amide bonds. The second kappa shape index (κ2) is 6.52. The molecule has 1 aliphatic rings. The van der Waals surface area contributed by atoms with Crippen LogP contribution in [0.5, 0.6) is 0 Å². The first-order chi connectivity index (χ1) is 9.56. The molecule has 1 aromatic carbocycles. The summed E-state index contributed by atoms with van der Waals surface area (Å²) in [6.45, 7) is 1.44. The van der Waals surface area contributed by atoms with Gasteiger partial charge in [-0.05, 0) is 37.1 Å². The fourth-order valence-corrected chi connectivity index (χ4v) is 2.44. The lowest BCUT2D eigenvalue weighted by molar-refractivity contribution is -0.114. The van der Waals surface area contributed by atoms with Gasteiger partial charge in [0.2, 0.25) is 5.91 Å². The molecule has 2 atom stereocenters. The molecule has 1 aromatic rings. The predicted octanol–water partition coefficient (Wildman–Crippen LogP) is 1.68. The molecule has 5 heteroatoms. The van der Waals surface area contributed by atoms with E-state index in [-0.39, 0.29) is 17.9 Å². The number of hydrogen-bond acceptors (Lipinski definition) is 3. The number of aliphatic hydroxyl groups excluding tert-OH is 1. The first kappa shape index (κ1) is 14.5. The largest absolute Gasteiger partial charge is 0.391 e. The fraction of sp³-hybridized carbons (Fsp3) is 0.467. The molecule has 1 aliphatic carbocycles. The smallest absolute Gasteiger partial charge is 0.251 e. The number of nitrogens with one attached hydrogen (secondary N) is 2. The minimum absolute atomic E-state index is 0.146. The molecule has 5 nitrogen and oxygen atoms in total. The number of aliphatic hydroxyl groups is 1. The standard InChI is InChI=1S/C15H20N2O3/c1-10(18)16-12-8-6-11(7-9-12)15(20)17-13-4-2-3-5-14(13)19/h6-9,13-14,19H,2-5H2,1H3,(H,16,18)(H,17,20)/t13-,14-/m1/s1. The zero-order valence-electron chi connectivity index (χ0n) is 11.6. The van der Waals surface area contributed by atoms with Gasteiger partial charge in [-0.15, -0.1) is 0 Å². The van der Waals surface area contributed by atoms with Crippen LogP contribution in [0.2, 0.25) is 0 Å². The third-order valence-corrected chi connectivity index (χ3v) is 3.51.